The van der Waals surface area contributed by atoms with Crippen LogP contribution >= 0.6 is 11.6 Å². The molecule has 9 nitrogen and oxygen atoms in total. The number of carbonyl (C=O) groups is 2. The summed E-state index contributed by atoms with van der Waals surface area (Å²) in [6, 6.07) is 8.52. The maximum absolute atomic E-state index is 12.9. The number of hydrogen-bond acceptors (Lipinski definition) is 7. The monoisotopic (exact) mass is 450 g/mol. The lowest BCUT2D eigenvalue weighted by Gasteiger charge is -2.24. The fourth-order valence-corrected chi connectivity index (χ4v) is 3.03. The van der Waals surface area contributed by atoms with Gasteiger partial charge in [0.05, 0.1) is 25.1 Å². The summed E-state index contributed by atoms with van der Waals surface area (Å²) in [4.78, 5) is 36.8. The molecule has 0 fully saturated rings. The number of methoxy groups -OCH3 is 2. The molecule has 1 unspecified atom stereocenters. The van der Waals surface area contributed by atoms with Gasteiger partial charge in [-0.2, -0.15) is 0 Å². The molecular formula is C21H23ClN2O7. The molecule has 0 heterocycles. The number of hydrogen-bond donors (Lipinski definition) is 0. The minimum Gasteiger partial charge on any atom is -0.493 e. The lowest BCUT2D eigenvalue weighted by atomic mass is 10.1. The van der Waals surface area contributed by atoms with E-state index < -0.39 is 16.8 Å². The summed E-state index contributed by atoms with van der Waals surface area (Å²) in [5.41, 5.74) is 0.0115. The third-order valence-electron chi connectivity index (χ3n) is 4.51. The SMILES string of the molecule is CCN(CC(C)C(=O)OC)C(=O)c1ccc(Oc2ccc(Cl)cc2[N+](=O)[O-])c(OC)c1. The Labute approximate surface area is 184 Å². The van der Waals surface area contributed by atoms with Crippen LogP contribution in [0.5, 0.6) is 17.2 Å². The van der Waals surface area contributed by atoms with E-state index in [2.05, 4.69) is 0 Å². The molecule has 0 saturated heterocycles. The predicted octanol–water partition coefficient (Wildman–Crippen LogP) is 4.32. The van der Waals surface area contributed by atoms with Crippen molar-refractivity contribution in [2.75, 3.05) is 27.3 Å². The number of halogens is 1. The smallest absolute Gasteiger partial charge is 0.313 e. The number of nitro groups is 1. The van der Waals surface area contributed by atoms with Gasteiger partial charge >= 0.3 is 11.7 Å². The highest BCUT2D eigenvalue weighted by Crippen LogP contribution is 2.38. The maximum atomic E-state index is 12.9. The molecule has 0 radical (unpaired) electrons. The number of nitro benzene ring substituents is 1. The Bertz CT molecular complexity index is 980. The van der Waals surface area contributed by atoms with E-state index in [0.717, 1.165) is 0 Å². The topological polar surface area (TPSA) is 108 Å². The van der Waals surface area contributed by atoms with E-state index in [4.69, 9.17) is 25.8 Å². The molecule has 0 N–H and O–H groups in total. The van der Waals surface area contributed by atoms with Crippen LogP contribution in [-0.2, 0) is 9.53 Å². The second kappa shape index (κ2) is 10.6. The summed E-state index contributed by atoms with van der Waals surface area (Å²) < 4.78 is 15.7. The van der Waals surface area contributed by atoms with E-state index in [-0.39, 0.29) is 40.4 Å². The Kier molecular flexibility index (Phi) is 8.21. The minimum atomic E-state index is -0.604. The van der Waals surface area contributed by atoms with Crippen LogP contribution in [0.1, 0.15) is 24.2 Å². The van der Waals surface area contributed by atoms with E-state index in [1.165, 1.54) is 55.5 Å². The van der Waals surface area contributed by atoms with Crippen molar-refractivity contribution in [2.45, 2.75) is 13.8 Å². The van der Waals surface area contributed by atoms with Crippen molar-refractivity contribution in [3.63, 3.8) is 0 Å². The van der Waals surface area contributed by atoms with Gasteiger partial charge in [0.1, 0.15) is 0 Å². The van der Waals surface area contributed by atoms with Crippen molar-refractivity contribution in [3.05, 3.63) is 57.1 Å². The van der Waals surface area contributed by atoms with Gasteiger partial charge in [0.25, 0.3) is 5.91 Å². The standard InChI is InChI=1S/C21H23ClN2O7/c1-5-23(12-13(2)21(26)30-4)20(25)14-6-8-18(19(10-14)29-3)31-17-9-7-15(22)11-16(17)24(27)28/h6-11,13H,5,12H2,1-4H3. The van der Waals surface area contributed by atoms with E-state index >= 15 is 0 Å². The Morgan fingerprint density at radius 1 is 1.13 bits per heavy atom. The fourth-order valence-electron chi connectivity index (χ4n) is 2.87. The number of amides is 1. The molecule has 31 heavy (non-hydrogen) atoms. The molecule has 0 aromatic heterocycles. The van der Waals surface area contributed by atoms with Gasteiger partial charge < -0.3 is 19.1 Å². The number of nitrogens with zero attached hydrogens (tertiary/aromatic N) is 2. The van der Waals surface area contributed by atoms with Gasteiger partial charge in [-0.15, -0.1) is 0 Å². The van der Waals surface area contributed by atoms with E-state index in [1.807, 2.05) is 0 Å². The molecular weight excluding hydrogens is 428 g/mol. The molecule has 0 saturated carbocycles. The quantitative estimate of drug-likeness (QED) is 0.318. The van der Waals surface area contributed by atoms with E-state index in [1.54, 1.807) is 13.8 Å². The zero-order valence-electron chi connectivity index (χ0n) is 17.6. The van der Waals surface area contributed by atoms with Gasteiger partial charge in [0, 0.05) is 29.7 Å². The van der Waals surface area contributed by atoms with Crippen LogP contribution in [0.15, 0.2) is 36.4 Å². The predicted molar refractivity (Wildman–Crippen MR) is 114 cm³/mol. The van der Waals surface area contributed by atoms with E-state index in [0.29, 0.717) is 12.1 Å². The zero-order valence-corrected chi connectivity index (χ0v) is 18.3. The molecule has 0 aliphatic carbocycles. The first kappa shape index (κ1) is 23.9. The van der Waals surface area contributed by atoms with Crippen LogP contribution in [-0.4, -0.2) is 49.0 Å². The number of benzene rings is 2. The van der Waals surface area contributed by atoms with Crippen molar-refractivity contribution in [3.8, 4) is 17.2 Å². The average Bonchev–Trinajstić information content (AvgIpc) is 2.77. The summed E-state index contributed by atoms with van der Waals surface area (Å²) >= 11 is 5.83. The first-order valence-corrected chi connectivity index (χ1v) is 9.76. The van der Waals surface area contributed by atoms with Crippen molar-refractivity contribution >= 4 is 29.2 Å². The largest absolute Gasteiger partial charge is 0.493 e. The molecule has 1 atom stereocenters. The normalized spacial score (nSPS) is 11.4. The van der Waals surface area contributed by atoms with Gasteiger partial charge in [0.15, 0.2) is 11.5 Å². The second-order valence-corrected chi connectivity index (χ2v) is 7.04. The molecule has 2 aromatic rings. The Morgan fingerprint density at radius 3 is 2.39 bits per heavy atom. The highest BCUT2D eigenvalue weighted by Gasteiger charge is 2.23. The van der Waals surface area contributed by atoms with Gasteiger partial charge in [-0.25, -0.2) is 0 Å². The van der Waals surface area contributed by atoms with Crippen LogP contribution in [0.4, 0.5) is 5.69 Å². The van der Waals surface area contributed by atoms with E-state index in [9.17, 15) is 19.7 Å². The lowest BCUT2D eigenvalue weighted by molar-refractivity contribution is -0.385. The summed E-state index contributed by atoms with van der Waals surface area (Å²) in [5, 5.41) is 11.5. The molecule has 1 amide bonds. The van der Waals surface area contributed by atoms with Crippen molar-refractivity contribution in [2.24, 2.45) is 5.92 Å². The first-order chi connectivity index (χ1) is 14.7. The minimum absolute atomic E-state index is 0.0196. The highest BCUT2D eigenvalue weighted by molar-refractivity contribution is 6.30. The Morgan fingerprint density at radius 2 is 1.81 bits per heavy atom. The first-order valence-electron chi connectivity index (χ1n) is 9.38. The molecule has 166 valence electrons. The van der Waals surface area contributed by atoms with Crippen LogP contribution in [0, 0.1) is 16.0 Å². The van der Waals surface area contributed by atoms with Gasteiger partial charge in [0.2, 0.25) is 5.75 Å². The Balaban J connectivity index is 2.30. The van der Waals surface area contributed by atoms with Crippen LogP contribution in [0.2, 0.25) is 5.02 Å². The van der Waals surface area contributed by atoms with Crippen LogP contribution in [0.3, 0.4) is 0 Å². The van der Waals surface area contributed by atoms with Crippen molar-refractivity contribution in [1.82, 2.24) is 4.90 Å². The highest BCUT2D eigenvalue weighted by atomic mass is 35.5. The molecule has 2 rings (SSSR count). The molecule has 0 bridgehead atoms. The molecule has 2 aromatic carbocycles. The second-order valence-electron chi connectivity index (χ2n) is 6.60. The maximum Gasteiger partial charge on any atom is 0.313 e. The number of rotatable bonds is 9. The average molecular weight is 451 g/mol. The molecule has 0 aliphatic heterocycles. The van der Waals surface area contributed by atoms with Gasteiger partial charge in [-0.1, -0.05) is 18.5 Å². The van der Waals surface area contributed by atoms with Crippen molar-refractivity contribution in [1.29, 1.82) is 0 Å². The summed E-state index contributed by atoms with van der Waals surface area (Å²) in [6.45, 7) is 4.06. The van der Waals surface area contributed by atoms with Crippen LogP contribution < -0.4 is 9.47 Å². The number of carbonyl (C=O) groups excluding carboxylic acids is 2. The third-order valence-corrected chi connectivity index (χ3v) is 4.75. The number of esters is 1. The summed E-state index contributed by atoms with van der Waals surface area (Å²) in [6.07, 6.45) is 0. The lowest BCUT2D eigenvalue weighted by Crippen LogP contribution is -2.37. The summed E-state index contributed by atoms with van der Waals surface area (Å²) in [5.74, 6) is -0.807. The molecule has 0 aliphatic rings. The zero-order chi connectivity index (χ0) is 23.1. The van der Waals surface area contributed by atoms with Crippen molar-refractivity contribution < 1.29 is 28.7 Å². The number of ether oxygens (including phenoxy) is 3. The third kappa shape index (κ3) is 5.85. The Hall–Kier alpha value is -3.33. The fraction of sp³-hybridized carbons (Fsp3) is 0.333. The van der Waals surface area contributed by atoms with Gasteiger partial charge in [-0.05, 0) is 37.3 Å². The summed E-state index contributed by atoms with van der Waals surface area (Å²) in [7, 11) is 2.69. The van der Waals surface area contributed by atoms with Gasteiger partial charge in [-0.3, -0.25) is 19.7 Å². The molecule has 10 heteroatoms. The molecule has 0 spiro atoms. The van der Waals surface area contributed by atoms with Crippen LogP contribution in [0.25, 0.3) is 0 Å².